The number of methoxy groups -OCH3 is 1. The fraction of sp³-hybridized carbons (Fsp3) is 0.286. The number of benzene rings is 1. The van der Waals surface area contributed by atoms with Gasteiger partial charge in [-0.3, -0.25) is 0 Å². The van der Waals surface area contributed by atoms with Crippen LogP contribution >= 0.6 is 0 Å². The summed E-state index contributed by atoms with van der Waals surface area (Å²) < 4.78 is 30.4. The van der Waals surface area contributed by atoms with Gasteiger partial charge in [0.2, 0.25) is 13.6 Å². The number of rotatable bonds is 1. The van der Waals surface area contributed by atoms with Gasteiger partial charge >= 0.3 is 0 Å². The number of allylic oxidation sites excluding steroid dienone is 4. The summed E-state index contributed by atoms with van der Waals surface area (Å²) in [4.78, 5) is 0. The summed E-state index contributed by atoms with van der Waals surface area (Å²) in [6.07, 6.45) is 9.43. The third-order valence-corrected chi connectivity index (χ3v) is 5.68. The number of hydrogen-bond acceptors (Lipinski definition) is 5. The molecule has 3 heterocycles. The summed E-state index contributed by atoms with van der Waals surface area (Å²) in [5, 5.41) is 2.10. The van der Waals surface area contributed by atoms with Crippen LogP contribution in [0.3, 0.4) is 0 Å². The zero-order valence-corrected chi connectivity index (χ0v) is 15.1. The lowest BCUT2D eigenvalue weighted by atomic mass is 9.80. The van der Waals surface area contributed by atoms with Crippen molar-refractivity contribution < 1.29 is 28.3 Å². The van der Waals surface area contributed by atoms with Crippen molar-refractivity contribution in [1.29, 1.82) is 0 Å². The van der Waals surface area contributed by atoms with E-state index in [0.29, 0.717) is 0 Å². The molecule has 4 aliphatic rings. The zero-order valence-electron chi connectivity index (χ0n) is 15.1. The first-order chi connectivity index (χ1) is 13.2. The minimum absolute atomic E-state index is 0.124. The molecule has 2 aromatic rings. The summed E-state index contributed by atoms with van der Waals surface area (Å²) in [6, 6.07) is 1.93. The van der Waals surface area contributed by atoms with Crippen molar-refractivity contribution in [2.75, 3.05) is 20.7 Å². The topological polar surface area (TPSA) is 50.0 Å². The van der Waals surface area contributed by atoms with Crippen molar-refractivity contribution in [2.24, 2.45) is 7.05 Å². The van der Waals surface area contributed by atoms with Gasteiger partial charge in [-0.1, -0.05) is 6.08 Å². The molecule has 0 saturated carbocycles. The molecule has 6 nitrogen and oxygen atoms in total. The molecule has 0 spiro atoms. The molecule has 1 saturated heterocycles. The number of hydrogen-bond donors (Lipinski definition) is 0. The molecule has 2 aliphatic heterocycles. The molecule has 1 fully saturated rings. The lowest BCUT2D eigenvalue weighted by molar-refractivity contribution is -0.678. The van der Waals surface area contributed by atoms with Crippen LogP contribution in [0.15, 0.2) is 47.6 Å². The van der Waals surface area contributed by atoms with E-state index in [4.69, 9.17) is 23.7 Å². The monoisotopic (exact) mass is 364 g/mol. The highest BCUT2D eigenvalue weighted by molar-refractivity contribution is 5.98. The second kappa shape index (κ2) is 5.19. The van der Waals surface area contributed by atoms with Crippen LogP contribution in [0.1, 0.15) is 17.2 Å². The van der Waals surface area contributed by atoms with Gasteiger partial charge in [0.15, 0.2) is 34.9 Å². The van der Waals surface area contributed by atoms with Crippen LogP contribution < -0.4 is 18.8 Å². The van der Waals surface area contributed by atoms with E-state index in [2.05, 4.69) is 36.0 Å². The van der Waals surface area contributed by atoms with Crippen LogP contribution in [0.4, 0.5) is 0 Å². The average Bonchev–Trinajstić information content (AvgIpc) is 3.33. The quantitative estimate of drug-likeness (QED) is 0.729. The molecule has 6 rings (SSSR count). The second-order valence-electron chi connectivity index (χ2n) is 7.04. The van der Waals surface area contributed by atoms with Crippen LogP contribution in [0.2, 0.25) is 0 Å². The SMILES string of the molecule is COc1cc2c(c3c[n+](C)c4c(c13)CC=C1C=C3OCOC3=CC14)OCO2. The van der Waals surface area contributed by atoms with Crippen molar-refractivity contribution in [1.82, 2.24) is 0 Å². The summed E-state index contributed by atoms with van der Waals surface area (Å²) in [7, 11) is 3.77. The Morgan fingerprint density at radius 3 is 2.85 bits per heavy atom. The predicted molar refractivity (Wildman–Crippen MR) is 95.5 cm³/mol. The Morgan fingerprint density at radius 1 is 1.11 bits per heavy atom. The number of aryl methyl sites for hydroxylation is 1. The molecule has 0 bridgehead atoms. The van der Waals surface area contributed by atoms with Gasteiger partial charge < -0.3 is 23.7 Å². The van der Waals surface area contributed by atoms with Gasteiger partial charge in [0, 0.05) is 17.0 Å². The maximum Gasteiger partial charge on any atom is 0.231 e. The van der Waals surface area contributed by atoms with E-state index in [1.807, 2.05) is 6.07 Å². The third-order valence-electron chi connectivity index (χ3n) is 5.68. The first kappa shape index (κ1) is 15.0. The highest BCUT2D eigenvalue weighted by atomic mass is 16.7. The summed E-state index contributed by atoms with van der Waals surface area (Å²) >= 11 is 0. The first-order valence-electron chi connectivity index (χ1n) is 8.96. The molecular weight excluding hydrogens is 346 g/mol. The second-order valence-corrected chi connectivity index (χ2v) is 7.04. The van der Waals surface area contributed by atoms with Gasteiger partial charge in [-0.05, 0) is 24.1 Å². The molecule has 1 aromatic carbocycles. The van der Waals surface area contributed by atoms with Crippen LogP contribution in [-0.4, -0.2) is 20.7 Å². The Balaban J connectivity index is 1.65. The number of nitrogens with zero attached hydrogens (tertiary/aromatic N) is 1. The largest absolute Gasteiger partial charge is 0.496 e. The molecule has 6 heteroatoms. The van der Waals surface area contributed by atoms with Crippen LogP contribution in [-0.2, 0) is 22.9 Å². The van der Waals surface area contributed by atoms with Gasteiger partial charge in [-0.25, -0.2) is 4.57 Å². The maximum atomic E-state index is 5.76. The van der Waals surface area contributed by atoms with Crippen molar-refractivity contribution in [3.05, 3.63) is 58.8 Å². The first-order valence-corrected chi connectivity index (χ1v) is 8.96. The molecule has 0 amide bonds. The number of ether oxygens (including phenoxy) is 5. The van der Waals surface area contributed by atoms with E-state index >= 15 is 0 Å². The Morgan fingerprint density at radius 2 is 1.96 bits per heavy atom. The molecule has 27 heavy (non-hydrogen) atoms. The van der Waals surface area contributed by atoms with Crippen molar-refractivity contribution >= 4 is 10.8 Å². The van der Waals surface area contributed by atoms with E-state index < -0.39 is 0 Å². The highest BCUT2D eigenvalue weighted by Gasteiger charge is 2.37. The van der Waals surface area contributed by atoms with Crippen molar-refractivity contribution in [3.8, 4) is 17.2 Å². The Kier molecular flexibility index (Phi) is 2.88. The standard InChI is InChI=1S/C21H18NO5/c1-22-8-14-19(17(23-2)7-18-21(14)27-10-26-18)12-4-3-11-5-15-16(25-9-24-15)6-13(11)20(12)22/h3,5-8,13H,4,9-10H2,1-2H3/q+1. The van der Waals surface area contributed by atoms with E-state index in [1.165, 1.54) is 16.8 Å². The Bertz CT molecular complexity index is 1110. The van der Waals surface area contributed by atoms with Crippen molar-refractivity contribution in [3.63, 3.8) is 0 Å². The molecule has 136 valence electrons. The molecule has 2 aliphatic carbocycles. The summed E-state index contributed by atoms with van der Waals surface area (Å²) in [6.45, 7) is 0.522. The summed E-state index contributed by atoms with van der Waals surface area (Å²) in [5.74, 6) is 4.10. The fourth-order valence-electron chi connectivity index (χ4n) is 4.53. The molecule has 1 aromatic heterocycles. The smallest absolute Gasteiger partial charge is 0.231 e. The maximum absolute atomic E-state index is 5.76. The zero-order chi connectivity index (χ0) is 18.1. The average molecular weight is 364 g/mol. The molecular formula is C21H18NO5+. The lowest BCUT2D eigenvalue weighted by Gasteiger charge is -2.25. The van der Waals surface area contributed by atoms with Gasteiger partial charge in [0.1, 0.15) is 12.8 Å². The lowest BCUT2D eigenvalue weighted by Crippen LogP contribution is -2.38. The van der Waals surface area contributed by atoms with Gasteiger partial charge in [0.05, 0.1) is 18.4 Å². The molecule has 1 atom stereocenters. The van der Waals surface area contributed by atoms with E-state index in [1.54, 1.807) is 7.11 Å². The van der Waals surface area contributed by atoms with Gasteiger partial charge in [-0.2, -0.15) is 0 Å². The highest BCUT2D eigenvalue weighted by Crippen LogP contribution is 2.48. The Hall–Kier alpha value is -3.15. The number of aromatic nitrogens is 1. The third kappa shape index (κ3) is 1.92. The molecule has 0 N–H and O–H groups in total. The van der Waals surface area contributed by atoms with E-state index in [9.17, 15) is 0 Å². The normalized spacial score (nSPS) is 21.3. The van der Waals surface area contributed by atoms with Crippen LogP contribution in [0.25, 0.3) is 10.8 Å². The molecule has 1 unspecified atom stereocenters. The number of pyridine rings is 1. The Labute approximate surface area is 155 Å². The fourth-order valence-corrected chi connectivity index (χ4v) is 4.53. The van der Waals surface area contributed by atoms with Gasteiger partial charge in [0.25, 0.3) is 0 Å². The summed E-state index contributed by atoms with van der Waals surface area (Å²) in [5.41, 5.74) is 3.71. The van der Waals surface area contributed by atoms with Crippen molar-refractivity contribution in [2.45, 2.75) is 12.3 Å². The van der Waals surface area contributed by atoms with E-state index in [0.717, 1.165) is 46.0 Å². The minimum Gasteiger partial charge on any atom is -0.496 e. The van der Waals surface area contributed by atoms with Crippen LogP contribution in [0, 0.1) is 0 Å². The molecule has 0 radical (unpaired) electrons. The minimum atomic E-state index is 0.124. The van der Waals surface area contributed by atoms with E-state index in [-0.39, 0.29) is 19.5 Å². The van der Waals surface area contributed by atoms with Crippen LogP contribution in [0.5, 0.6) is 17.2 Å². The predicted octanol–water partition coefficient (Wildman–Crippen LogP) is 2.75. The van der Waals surface area contributed by atoms with Gasteiger partial charge in [-0.15, -0.1) is 0 Å². The number of fused-ring (bicyclic) bond motifs is 8.